The molecule has 42 valence electrons. The standard InChI is InChI=1S/C2H7N.C2H7P.H2/c1-3-2;1-2-3;/h3H,1-2H3;2-3H2,1H3;1H. The Hall–Kier alpha value is 0.390. The van der Waals surface area contributed by atoms with Gasteiger partial charge in [-0.3, -0.25) is 0 Å². The van der Waals surface area contributed by atoms with Gasteiger partial charge in [0.15, 0.2) is 0 Å². The highest BCUT2D eigenvalue weighted by molar-refractivity contribution is 7.16. The van der Waals surface area contributed by atoms with Crippen molar-refractivity contribution in [3.63, 3.8) is 0 Å². The SMILES string of the molecule is CCP.CNC.[HH]. The smallest absolute Gasteiger partial charge is 0 e. The first-order valence-corrected chi connectivity index (χ1v) is 2.93. The van der Waals surface area contributed by atoms with Crippen molar-refractivity contribution in [2.75, 3.05) is 20.3 Å². The largest absolute Gasteiger partial charge is 0.323 e. The van der Waals surface area contributed by atoms with Crippen LogP contribution < -0.4 is 5.32 Å². The topological polar surface area (TPSA) is 12.0 Å². The van der Waals surface area contributed by atoms with Gasteiger partial charge >= 0.3 is 0 Å². The third-order valence-electron chi connectivity index (χ3n) is 0. The lowest BCUT2D eigenvalue weighted by Crippen LogP contribution is -1.89. The van der Waals surface area contributed by atoms with Crippen LogP contribution in [0.1, 0.15) is 8.35 Å². The van der Waals surface area contributed by atoms with E-state index in [1.807, 2.05) is 14.1 Å². The molecule has 0 aromatic carbocycles. The fraction of sp³-hybridized carbons (Fsp3) is 1.00. The summed E-state index contributed by atoms with van der Waals surface area (Å²) in [5.74, 6) is 0. The molecule has 1 unspecified atom stereocenters. The Morgan fingerprint density at radius 3 is 1.67 bits per heavy atom. The second-order valence-electron chi connectivity index (χ2n) is 0.908. The van der Waals surface area contributed by atoms with E-state index in [-0.39, 0.29) is 1.43 Å². The predicted octanol–water partition coefficient (Wildman–Crippen LogP) is 0.963. The van der Waals surface area contributed by atoms with E-state index in [2.05, 4.69) is 21.5 Å². The third kappa shape index (κ3) is 332. The Morgan fingerprint density at radius 1 is 1.67 bits per heavy atom. The van der Waals surface area contributed by atoms with E-state index in [1.165, 1.54) is 6.16 Å². The maximum absolute atomic E-state index is 2.75. The lowest BCUT2D eigenvalue weighted by Gasteiger charge is -1.59. The van der Waals surface area contributed by atoms with Crippen molar-refractivity contribution in [3.8, 4) is 0 Å². The normalized spacial score (nSPS) is 6.00. The van der Waals surface area contributed by atoms with Gasteiger partial charge in [-0.1, -0.05) is 6.92 Å². The maximum Gasteiger partial charge on any atom is 0 e. The van der Waals surface area contributed by atoms with Crippen LogP contribution in [0.3, 0.4) is 0 Å². The van der Waals surface area contributed by atoms with Crippen molar-refractivity contribution in [2.45, 2.75) is 6.92 Å². The van der Waals surface area contributed by atoms with E-state index in [0.717, 1.165) is 0 Å². The molecule has 1 nitrogen and oxygen atoms in total. The summed E-state index contributed by atoms with van der Waals surface area (Å²) in [7, 11) is 6.33. The molecule has 0 aliphatic rings. The van der Waals surface area contributed by atoms with Gasteiger partial charge in [0.05, 0.1) is 0 Å². The summed E-state index contributed by atoms with van der Waals surface area (Å²) in [4.78, 5) is 0. The molecule has 6 heavy (non-hydrogen) atoms. The summed E-state index contributed by atoms with van der Waals surface area (Å²) in [6.45, 7) is 2.09. The monoisotopic (exact) mass is 109 g/mol. The minimum atomic E-state index is 0. The molecule has 0 aliphatic carbocycles. The van der Waals surface area contributed by atoms with Crippen molar-refractivity contribution in [2.24, 2.45) is 0 Å². The van der Waals surface area contributed by atoms with Gasteiger partial charge in [-0.2, -0.15) is 0 Å². The summed E-state index contributed by atoms with van der Waals surface area (Å²) in [6, 6.07) is 0. The second kappa shape index (κ2) is 18.2. The van der Waals surface area contributed by atoms with E-state index in [0.29, 0.717) is 0 Å². The van der Waals surface area contributed by atoms with Gasteiger partial charge in [0.1, 0.15) is 0 Å². The molecule has 0 amide bonds. The fourth-order valence-electron chi connectivity index (χ4n) is 0. The van der Waals surface area contributed by atoms with Crippen LogP contribution >= 0.6 is 9.24 Å². The van der Waals surface area contributed by atoms with Crippen molar-refractivity contribution in [3.05, 3.63) is 0 Å². The highest BCUT2D eigenvalue weighted by Gasteiger charge is 1.35. The van der Waals surface area contributed by atoms with E-state index >= 15 is 0 Å². The molecule has 0 aromatic rings. The van der Waals surface area contributed by atoms with Crippen molar-refractivity contribution in [1.82, 2.24) is 5.32 Å². The fourth-order valence-corrected chi connectivity index (χ4v) is 0. The lowest BCUT2D eigenvalue weighted by atomic mass is 11.0. The molecule has 1 N–H and O–H groups in total. The Labute approximate surface area is 44.2 Å². The van der Waals surface area contributed by atoms with Gasteiger partial charge in [-0.05, 0) is 20.3 Å². The van der Waals surface area contributed by atoms with E-state index in [4.69, 9.17) is 0 Å². The molecule has 2 heteroatoms. The zero-order valence-corrected chi connectivity index (χ0v) is 5.94. The average Bonchev–Trinajstić information content (AvgIpc) is 1.39. The first-order valence-electron chi connectivity index (χ1n) is 2.12. The summed E-state index contributed by atoms with van der Waals surface area (Å²) in [5, 5.41) is 2.75. The Balaban J connectivity index is -0.0000000400. The predicted molar refractivity (Wildman–Crippen MR) is 37.3 cm³/mol. The molecule has 0 radical (unpaired) electrons. The number of nitrogens with one attached hydrogen (secondary N) is 1. The van der Waals surface area contributed by atoms with Gasteiger partial charge in [0, 0.05) is 1.43 Å². The average molecular weight is 109 g/mol. The first kappa shape index (κ1) is 9.63. The highest BCUT2D eigenvalue weighted by atomic mass is 31.0. The van der Waals surface area contributed by atoms with Crippen LogP contribution in [0, 0.1) is 0 Å². The maximum atomic E-state index is 2.75. The highest BCUT2D eigenvalue weighted by Crippen LogP contribution is 1.68. The summed E-state index contributed by atoms with van der Waals surface area (Å²) in [5.41, 5.74) is 0. The minimum Gasteiger partial charge on any atom is -0.323 e. The number of hydrogen-bond donors (Lipinski definition) is 1. The van der Waals surface area contributed by atoms with E-state index in [9.17, 15) is 0 Å². The molecule has 1 atom stereocenters. The van der Waals surface area contributed by atoms with Crippen LogP contribution in [0.5, 0.6) is 0 Å². The molecule has 0 saturated carbocycles. The van der Waals surface area contributed by atoms with Gasteiger partial charge in [-0.15, -0.1) is 9.24 Å². The summed E-state index contributed by atoms with van der Waals surface area (Å²) in [6.07, 6.45) is 1.17. The zero-order chi connectivity index (χ0) is 5.41. The van der Waals surface area contributed by atoms with E-state index in [1.54, 1.807) is 0 Å². The van der Waals surface area contributed by atoms with Crippen molar-refractivity contribution in [1.29, 1.82) is 0 Å². The summed E-state index contributed by atoms with van der Waals surface area (Å²) < 4.78 is 0. The van der Waals surface area contributed by atoms with Crippen LogP contribution in [0.4, 0.5) is 0 Å². The Morgan fingerprint density at radius 2 is 1.67 bits per heavy atom. The number of rotatable bonds is 0. The molecule has 0 spiro atoms. The molecular formula is C4H16NP. The van der Waals surface area contributed by atoms with Crippen molar-refractivity contribution >= 4 is 9.24 Å². The molecule has 0 rings (SSSR count). The molecular weight excluding hydrogens is 93.0 g/mol. The molecule has 0 aromatic heterocycles. The van der Waals surface area contributed by atoms with Crippen LogP contribution in [0.25, 0.3) is 0 Å². The van der Waals surface area contributed by atoms with Crippen molar-refractivity contribution < 1.29 is 1.43 Å². The van der Waals surface area contributed by atoms with Crippen LogP contribution in [0.15, 0.2) is 0 Å². The lowest BCUT2D eigenvalue weighted by molar-refractivity contribution is 1.02. The molecule has 0 bridgehead atoms. The van der Waals surface area contributed by atoms with Crippen LogP contribution in [-0.4, -0.2) is 20.3 Å². The Kier molecular flexibility index (Phi) is 29.2. The number of hydrogen-bond acceptors (Lipinski definition) is 1. The van der Waals surface area contributed by atoms with Crippen LogP contribution in [0.2, 0.25) is 0 Å². The zero-order valence-electron chi connectivity index (χ0n) is 4.78. The van der Waals surface area contributed by atoms with Crippen LogP contribution in [-0.2, 0) is 0 Å². The Bertz CT molecular complexity index is 13.7. The van der Waals surface area contributed by atoms with Gasteiger partial charge in [0.2, 0.25) is 0 Å². The van der Waals surface area contributed by atoms with E-state index < -0.39 is 0 Å². The molecule has 0 aliphatic heterocycles. The second-order valence-corrected chi connectivity index (χ2v) is 1.72. The van der Waals surface area contributed by atoms with Gasteiger partial charge in [-0.25, -0.2) is 0 Å². The minimum absolute atomic E-state index is 0. The van der Waals surface area contributed by atoms with Gasteiger partial charge in [0.25, 0.3) is 0 Å². The molecule has 0 heterocycles. The first-order chi connectivity index (χ1) is 2.83. The summed E-state index contributed by atoms with van der Waals surface area (Å²) >= 11 is 0. The molecule has 0 fully saturated rings. The quantitative estimate of drug-likeness (QED) is 0.457. The van der Waals surface area contributed by atoms with Gasteiger partial charge < -0.3 is 5.32 Å². The third-order valence-corrected chi connectivity index (χ3v) is 0. The molecule has 0 saturated heterocycles.